The summed E-state index contributed by atoms with van der Waals surface area (Å²) < 4.78 is 6.14. The van der Waals surface area contributed by atoms with Gasteiger partial charge in [-0.15, -0.1) is 0 Å². The van der Waals surface area contributed by atoms with E-state index in [9.17, 15) is 0 Å². The monoisotopic (exact) mass is 613 g/mol. The summed E-state index contributed by atoms with van der Waals surface area (Å²) in [5.41, 5.74) is 12.3. The van der Waals surface area contributed by atoms with E-state index in [1.807, 2.05) is 12.1 Å². The fourth-order valence-corrected chi connectivity index (χ4v) is 6.84. The predicted octanol–water partition coefficient (Wildman–Crippen LogP) is 13.2. The Bertz CT molecular complexity index is 2530. The maximum Gasteiger partial charge on any atom is 0.136 e. The third-order valence-corrected chi connectivity index (χ3v) is 9.26. The molecular formula is C46H31NO. The second kappa shape index (κ2) is 11.8. The molecule has 0 N–H and O–H groups in total. The molecule has 8 aromatic carbocycles. The number of furan rings is 1. The quantitative estimate of drug-likeness (QED) is 0.185. The van der Waals surface area contributed by atoms with Gasteiger partial charge < -0.3 is 9.32 Å². The van der Waals surface area contributed by atoms with Gasteiger partial charge in [0.25, 0.3) is 0 Å². The number of fused-ring (bicyclic) bond motifs is 4. The molecule has 0 aliphatic rings. The first kappa shape index (κ1) is 27.9. The van der Waals surface area contributed by atoms with E-state index in [1.54, 1.807) is 0 Å². The first-order chi connectivity index (χ1) is 23.8. The third-order valence-electron chi connectivity index (χ3n) is 9.26. The number of rotatable bonds is 6. The number of hydrogen-bond donors (Lipinski definition) is 0. The Morgan fingerprint density at radius 1 is 0.333 bits per heavy atom. The summed E-state index contributed by atoms with van der Waals surface area (Å²) in [6.45, 7) is 0. The normalized spacial score (nSPS) is 11.3. The number of benzene rings is 8. The largest absolute Gasteiger partial charge is 0.456 e. The highest BCUT2D eigenvalue weighted by molar-refractivity contribution is 6.10. The van der Waals surface area contributed by atoms with Crippen LogP contribution in [0.1, 0.15) is 0 Å². The molecule has 9 rings (SSSR count). The lowest BCUT2D eigenvalue weighted by atomic mass is 9.98. The molecule has 0 saturated carbocycles. The smallest absolute Gasteiger partial charge is 0.136 e. The van der Waals surface area contributed by atoms with Crippen molar-refractivity contribution < 1.29 is 4.42 Å². The summed E-state index contributed by atoms with van der Waals surface area (Å²) >= 11 is 0. The minimum Gasteiger partial charge on any atom is -0.456 e. The van der Waals surface area contributed by atoms with Gasteiger partial charge in [0.15, 0.2) is 0 Å². The minimum atomic E-state index is 0.923. The zero-order valence-electron chi connectivity index (χ0n) is 26.3. The fraction of sp³-hybridized carbons (Fsp3) is 0. The van der Waals surface area contributed by atoms with Crippen LogP contribution in [0.15, 0.2) is 192 Å². The SMILES string of the molecule is c1ccc(-c2ccc(N(c3ccc(-c4ccc5cc6oc7ccccc7c6cc5c4)cc3)c3ccccc3-c3ccccc3)cc2)cc1. The van der Waals surface area contributed by atoms with E-state index in [4.69, 9.17) is 4.42 Å². The maximum absolute atomic E-state index is 6.14. The highest BCUT2D eigenvalue weighted by Gasteiger charge is 2.17. The molecule has 9 aromatic rings. The average Bonchev–Trinajstić information content (AvgIpc) is 3.52. The van der Waals surface area contributed by atoms with E-state index in [1.165, 1.54) is 44.2 Å². The summed E-state index contributed by atoms with van der Waals surface area (Å²) in [7, 11) is 0. The summed E-state index contributed by atoms with van der Waals surface area (Å²) in [5, 5.41) is 4.67. The van der Waals surface area contributed by atoms with Crippen molar-refractivity contribution in [3.8, 4) is 33.4 Å². The lowest BCUT2D eigenvalue weighted by Crippen LogP contribution is -2.11. The molecule has 0 saturated heterocycles. The molecule has 226 valence electrons. The molecular weight excluding hydrogens is 583 g/mol. The van der Waals surface area contributed by atoms with Crippen molar-refractivity contribution in [1.29, 1.82) is 0 Å². The first-order valence-electron chi connectivity index (χ1n) is 16.3. The standard InChI is InChI=1S/C46H31NO/c1-3-11-32(12-4-1)33-21-25-39(26-22-33)47(44-17-9-7-15-41(44)35-13-5-2-6-14-35)40-27-23-34(24-28-40)36-19-20-37-31-46-43(30-38(37)29-36)42-16-8-10-18-45(42)48-46/h1-31H. The fourth-order valence-electron chi connectivity index (χ4n) is 6.84. The number of para-hydroxylation sites is 2. The molecule has 0 bridgehead atoms. The lowest BCUT2D eigenvalue weighted by Gasteiger charge is -2.28. The molecule has 0 atom stereocenters. The van der Waals surface area contributed by atoms with E-state index in [2.05, 4.69) is 181 Å². The summed E-state index contributed by atoms with van der Waals surface area (Å²) in [4.78, 5) is 2.36. The van der Waals surface area contributed by atoms with Crippen molar-refractivity contribution in [3.63, 3.8) is 0 Å². The molecule has 0 radical (unpaired) electrons. The van der Waals surface area contributed by atoms with Crippen molar-refractivity contribution >= 4 is 49.8 Å². The van der Waals surface area contributed by atoms with Gasteiger partial charge in [-0.2, -0.15) is 0 Å². The maximum atomic E-state index is 6.14. The Labute approximate surface area is 279 Å². The van der Waals surface area contributed by atoms with Gasteiger partial charge in [0.05, 0.1) is 5.69 Å². The molecule has 0 spiro atoms. The van der Waals surface area contributed by atoms with Crippen molar-refractivity contribution in [2.75, 3.05) is 4.90 Å². The molecule has 0 unspecified atom stereocenters. The van der Waals surface area contributed by atoms with Crippen molar-refractivity contribution in [1.82, 2.24) is 0 Å². The van der Waals surface area contributed by atoms with Crippen LogP contribution in [0.25, 0.3) is 66.1 Å². The average molecular weight is 614 g/mol. The summed E-state index contributed by atoms with van der Waals surface area (Å²) in [6, 6.07) is 67.0. The molecule has 2 nitrogen and oxygen atoms in total. The van der Waals surface area contributed by atoms with Gasteiger partial charge in [0.1, 0.15) is 11.2 Å². The lowest BCUT2D eigenvalue weighted by molar-refractivity contribution is 0.669. The van der Waals surface area contributed by atoms with E-state index < -0.39 is 0 Å². The minimum absolute atomic E-state index is 0.923. The molecule has 48 heavy (non-hydrogen) atoms. The number of nitrogens with zero attached hydrogens (tertiary/aromatic N) is 1. The van der Waals surface area contributed by atoms with Crippen LogP contribution < -0.4 is 4.90 Å². The third kappa shape index (κ3) is 5.01. The Morgan fingerprint density at radius 3 is 1.62 bits per heavy atom. The van der Waals surface area contributed by atoms with Crippen molar-refractivity contribution in [2.45, 2.75) is 0 Å². The Hall–Kier alpha value is -6.38. The Balaban J connectivity index is 1.13. The van der Waals surface area contributed by atoms with E-state index in [0.29, 0.717) is 0 Å². The van der Waals surface area contributed by atoms with E-state index in [0.717, 1.165) is 39.0 Å². The highest BCUT2D eigenvalue weighted by Crippen LogP contribution is 2.42. The predicted molar refractivity (Wildman–Crippen MR) is 202 cm³/mol. The van der Waals surface area contributed by atoms with Crippen LogP contribution in [-0.2, 0) is 0 Å². The molecule has 0 fully saturated rings. The number of anilines is 3. The Morgan fingerprint density at radius 2 is 0.896 bits per heavy atom. The summed E-state index contributed by atoms with van der Waals surface area (Å²) in [5.74, 6) is 0. The topological polar surface area (TPSA) is 16.4 Å². The molecule has 1 aromatic heterocycles. The number of hydrogen-bond acceptors (Lipinski definition) is 2. The van der Waals surface area contributed by atoms with Crippen LogP contribution in [0.3, 0.4) is 0 Å². The Kier molecular flexibility index (Phi) is 6.84. The molecule has 0 aliphatic carbocycles. The van der Waals surface area contributed by atoms with Crippen LogP contribution in [0.4, 0.5) is 17.1 Å². The zero-order chi connectivity index (χ0) is 31.9. The molecule has 0 amide bonds. The molecule has 0 aliphatic heterocycles. The second-order valence-electron chi connectivity index (χ2n) is 12.2. The van der Waals surface area contributed by atoms with Crippen LogP contribution >= 0.6 is 0 Å². The van der Waals surface area contributed by atoms with Gasteiger partial charge >= 0.3 is 0 Å². The molecule has 1 heterocycles. The van der Waals surface area contributed by atoms with Gasteiger partial charge in [-0.05, 0) is 93.2 Å². The van der Waals surface area contributed by atoms with E-state index in [-0.39, 0.29) is 0 Å². The molecule has 2 heteroatoms. The van der Waals surface area contributed by atoms with Gasteiger partial charge in [-0.25, -0.2) is 0 Å². The van der Waals surface area contributed by atoms with Gasteiger partial charge in [0, 0.05) is 27.7 Å². The summed E-state index contributed by atoms with van der Waals surface area (Å²) in [6.07, 6.45) is 0. The van der Waals surface area contributed by atoms with Crippen LogP contribution in [0, 0.1) is 0 Å². The first-order valence-corrected chi connectivity index (χ1v) is 16.3. The van der Waals surface area contributed by atoms with Crippen LogP contribution in [-0.4, -0.2) is 0 Å². The van der Waals surface area contributed by atoms with Gasteiger partial charge in [0.2, 0.25) is 0 Å². The zero-order valence-corrected chi connectivity index (χ0v) is 26.3. The van der Waals surface area contributed by atoms with E-state index >= 15 is 0 Å². The van der Waals surface area contributed by atoms with Gasteiger partial charge in [-0.3, -0.25) is 0 Å². The van der Waals surface area contributed by atoms with Crippen LogP contribution in [0.5, 0.6) is 0 Å². The second-order valence-corrected chi connectivity index (χ2v) is 12.2. The van der Waals surface area contributed by atoms with Crippen LogP contribution in [0.2, 0.25) is 0 Å². The van der Waals surface area contributed by atoms with Gasteiger partial charge in [-0.1, -0.05) is 133 Å². The van der Waals surface area contributed by atoms with Crippen molar-refractivity contribution in [2.24, 2.45) is 0 Å². The van der Waals surface area contributed by atoms with Crippen molar-refractivity contribution in [3.05, 3.63) is 188 Å². The highest BCUT2D eigenvalue weighted by atomic mass is 16.3.